The highest BCUT2D eigenvalue weighted by Gasteiger charge is 2.04. The molecule has 0 aromatic carbocycles. The smallest absolute Gasteiger partial charge is 0.240 e. The van der Waals surface area contributed by atoms with Crippen molar-refractivity contribution < 1.29 is 8.78 Å². The molecule has 0 aliphatic rings. The number of aryl methyl sites for hydroxylation is 1. The van der Waals surface area contributed by atoms with Crippen LogP contribution in [0.3, 0.4) is 0 Å². The third-order valence-corrected chi connectivity index (χ3v) is 1.72. The molecule has 0 atom stereocenters. The topological polar surface area (TPSA) is 30.9 Å². The first-order valence-electron chi connectivity index (χ1n) is 3.86. The summed E-state index contributed by atoms with van der Waals surface area (Å²) in [5.74, 6) is 0. The fraction of sp³-hybridized carbons (Fsp3) is 0.500. The number of nitrogens with two attached hydrogens (primary N) is 1. The fourth-order valence-corrected chi connectivity index (χ4v) is 1.09. The highest BCUT2D eigenvalue weighted by Crippen LogP contribution is 2.06. The molecule has 0 spiro atoms. The molecule has 0 fully saturated rings. The van der Waals surface area contributed by atoms with Gasteiger partial charge in [0.25, 0.3) is 0 Å². The molecule has 0 radical (unpaired) electrons. The van der Waals surface area contributed by atoms with Crippen molar-refractivity contribution in [3.05, 3.63) is 24.0 Å². The Kier molecular flexibility index (Phi) is 3.22. The largest absolute Gasteiger partial charge is 0.350 e. The zero-order valence-corrected chi connectivity index (χ0v) is 6.71. The third-order valence-electron chi connectivity index (χ3n) is 1.72. The highest BCUT2D eigenvalue weighted by atomic mass is 19.3. The predicted octanol–water partition coefficient (Wildman–Crippen LogP) is 1.60. The summed E-state index contributed by atoms with van der Waals surface area (Å²) in [7, 11) is 0. The van der Waals surface area contributed by atoms with E-state index in [0.717, 1.165) is 5.69 Å². The van der Waals surface area contributed by atoms with Gasteiger partial charge in [-0.2, -0.15) is 0 Å². The van der Waals surface area contributed by atoms with Crippen LogP contribution >= 0.6 is 0 Å². The Labute approximate surface area is 70.0 Å². The van der Waals surface area contributed by atoms with Crippen LogP contribution in [0.5, 0.6) is 0 Å². The maximum atomic E-state index is 11.8. The van der Waals surface area contributed by atoms with Crippen molar-refractivity contribution in [2.45, 2.75) is 25.9 Å². The van der Waals surface area contributed by atoms with E-state index in [4.69, 9.17) is 5.73 Å². The Morgan fingerprint density at radius 1 is 1.50 bits per heavy atom. The number of nitrogens with zero attached hydrogens (tertiary/aromatic N) is 1. The molecule has 0 saturated carbocycles. The molecule has 1 rings (SSSR count). The second kappa shape index (κ2) is 4.21. The molecule has 4 heteroatoms. The van der Waals surface area contributed by atoms with E-state index in [2.05, 4.69) is 0 Å². The molecular formula is C8H12F2N2. The van der Waals surface area contributed by atoms with Gasteiger partial charge in [-0.1, -0.05) is 0 Å². The number of halogens is 2. The standard InChI is InChI=1S/C8H12F2N2/c9-8(10)3-5-12-4-1-2-7(12)6-11/h1-2,4,8H,3,5-6,11H2. The van der Waals surface area contributed by atoms with Crippen LogP contribution in [0.1, 0.15) is 12.1 Å². The molecule has 0 aliphatic heterocycles. The van der Waals surface area contributed by atoms with Crippen LogP contribution in [0.2, 0.25) is 0 Å². The lowest BCUT2D eigenvalue weighted by Gasteiger charge is -2.06. The first-order valence-corrected chi connectivity index (χ1v) is 3.86. The molecule has 0 amide bonds. The highest BCUT2D eigenvalue weighted by molar-refractivity contribution is 5.06. The average Bonchev–Trinajstić information content (AvgIpc) is 2.47. The number of hydrogen-bond donors (Lipinski definition) is 1. The summed E-state index contributed by atoms with van der Waals surface area (Å²) in [6, 6.07) is 3.65. The van der Waals surface area contributed by atoms with Crippen molar-refractivity contribution in [1.29, 1.82) is 0 Å². The normalized spacial score (nSPS) is 11.0. The van der Waals surface area contributed by atoms with Crippen molar-refractivity contribution in [3.63, 3.8) is 0 Å². The molecule has 12 heavy (non-hydrogen) atoms. The summed E-state index contributed by atoms with van der Waals surface area (Å²) in [6.07, 6.45) is -0.579. The summed E-state index contributed by atoms with van der Waals surface area (Å²) in [4.78, 5) is 0. The van der Waals surface area contributed by atoms with Crippen molar-refractivity contribution in [2.24, 2.45) is 5.73 Å². The molecule has 1 heterocycles. The van der Waals surface area contributed by atoms with E-state index < -0.39 is 6.43 Å². The molecular weight excluding hydrogens is 162 g/mol. The SMILES string of the molecule is NCc1cccn1CCC(F)F. The summed E-state index contributed by atoms with van der Waals surface area (Å²) in [5.41, 5.74) is 6.29. The monoisotopic (exact) mass is 174 g/mol. The summed E-state index contributed by atoms with van der Waals surface area (Å²) in [6.45, 7) is 0.743. The van der Waals surface area contributed by atoms with Crippen LogP contribution < -0.4 is 5.73 Å². The van der Waals surface area contributed by atoms with Crippen LogP contribution in [0.4, 0.5) is 8.78 Å². The van der Waals surface area contributed by atoms with Crippen LogP contribution in [0.15, 0.2) is 18.3 Å². The van der Waals surface area contributed by atoms with Crippen molar-refractivity contribution in [1.82, 2.24) is 4.57 Å². The second-order valence-electron chi connectivity index (χ2n) is 2.58. The van der Waals surface area contributed by atoms with E-state index in [1.165, 1.54) is 0 Å². The zero-order valence-electron chi connectivity index (χ0n) is 6.71. The molecule has 1 aromatic heterocycles. The minimum Gasteiger partial charge on any atom is -0.350 e. The van der Waals surface area contributed by atoms with Gasteiger partial charge in [0.2, 0.25) is 6.43 Å². The first kappa shape index (κ1) is 9.19. The van der Waals surface area contributed by atoms with Crippen LogP contribution in [-0.4, -0.2) is 11.0 Å². The lowest BCUT2D eigenvalue weighted by molar-refractivity contribution is 0.131. The van der Waals surface area contributed by atoms with E-state index in [0.29, 0.717) is 13.1 Å². The Morgan fingerprint density at radius 2 is 2.25 bits per heavy atom. The van der Waals surface area contributed by atoms with Gasteiger partial charge < -0.3 is 10.3 Å². The van der Waals surface area contributed by atoms with E-state index in [1.54, 1.807) is 10.8 Å². The number of rotatable bonds is 4. The van der Waals surface area contributed by atoms with Gasteiger partial charge >= 0.3 is 0 Å². The predicted molar refractivity (Wildman–Crippen MR) is 42.9 cm³/mol. The van der Waals surface area contributed by atoms with Crippen LogP contribution in [0.25, 0.3) is 0 Å². The van der Waals surface area contributed by atoms with E-state index >= 15 is 0 Å². The van der Waals surface area contributed by atoms with Crippen LogP contribution in [0, 0.1) is 0 Å². The number of alkyl halides is 2. The minimum absolute atomic E-state index is 0.109. The lowest BCUT2D eigenvalue weighted by atomic mass is 10.4. The third kappa shape index (κ3) is 2.30. The van der Waals surface area contributed by atoms with Gasteiger partial charge in [-0.15, -0.1) is 0 Å². The van der Waals surface area contributed by atoms with E-state index in [9.17, 15) is 8.78 Å². The quantitative estimate of drug-likeness (QED) is 0.738. The van der Waals surface area contributed by atoms with Gasteiger partial charge in [-0.05, 0) is 12.1 Å². The molecule has 1 aromatic rings. The van der Waals surface area contributed by atoms with Gasteiger partial charge in [-0.25, -0.2) is 8.78 Å². The fourth-order valence-electron chi connectivity index (χ4n) is 1.09. The molecule has 2 N–H and O–H groups in total. The van der Waals surface area contributed by atoms with E-state index in [-0.39, 0.29) is 6.42 Å². The van der Waals surface area contributed by atoms with Crippen molar-refractivity contribution >= 4 is 0 Å². The van der Waals surface area contributed by atoms with Gasteiger partial charge in [0.15, 0.2) is 0 Å². The van der Waals surface area contributed by atoms with Gasteiger partial charge in [0.05, 0.1) is 0 Å². The molecule has 0 saturated heterocycles. The Bertz CT molecular complexity index is 233. The zero-order chi connectivity index (χ0) is 8.97. The minimum atomic E-state index is -2.24. The Morgan fingerprint density at radius 3 is 2.83 bits per heavy atom. The number of hydrogen-bond acceptors (Lipinski definition) is 1. The second-order valence-corrected chi connectivity index (χ2v) is 2.58. The molecule has 0 unspecified atom stereocenters. The molecule has 0 aliphatic carbocycles. The molecule has 0 bridgehead atoms. The summed E-state index contributed by atoms with van der Waals surface area (Å²) in [5, 5.41) is 0. The van der Waals surface area contributed by atoms with Crippen molar-refractivity contribution in [3.8, 4) is 0 Å². The summed E-state index contributed by atoms with van der Waals surface area (Å²) < 4.78 is 25.4. The first-order chi connectivity index (χ1) is 5.74. The molecule has 68 valence electrons. The Balaban J connectivity index is 2.50. The lowest BCUT2D eigenvalue weighted by Crippen LogP contribution is -2.08. The van der Waals surface area contributed by atoms with E-state index in [1.807, 2.05) is 12.1 Å². The maximum absolute atomic E-state index is 11.8. The van der Waals surface area contributed by atoms with Gasteiger partial charge in [-0.3, -0.25) is 0 Å². The van der Waals surface area contributed by atoms with Crippen LogP contribution in [-0.2, 0) is 13.1 Å². The summed E-state index contributed by atoms with van der Waals surface area (Å²) >= 11 is 0. The maximum Gasteiger partial charge on any atom is 0.240 e. The van der Waals surface area contributed by atoms with Crippen molar-refractivity contribution in [2.75, 3.05) is 0 Å². The molecule has 2 nitrogen and oxygen atoms in total. The van der Waals surface area contributed by atoms with Gasteiger partial charge in [0.1, 0.15) is 0 Å². The Hall–Kier alpha value is -0.900. The average molecular weight is 174 g/mol. The van der Waals surface area contributed by atoms with Gasteiger partial charge in [0, 0.05) is 31.4 Å². The number of aromatic nitrogens is 1.